The van der Waals surface area contributed by atoms with Crippen LogP contribution in [0.2, 0.25) is 0 Å². The summed E-state index contributed by atoms with van der Waals surface area (Å²) >= 11 is 0. The van der Waals surface area contributed by atoms with E-state index < -0.39 is 0 Å². The van der Waals surface area contributed by atoms with Gasteiger partial charge in [0.25, 0.3) is 5.56 Å². The van der Waals surface area contributed by atoms with Gasteiger partial charge in [0.05, 0.1) is 12.6 Å². The van der Waals surface area contributed by atoms with Crippen LogP contribution in [0.4, 0.5) is 0 Å². The molecule has 2 aromatic rings. The van der Waals surface area contributed by atoms with Crippen LogP contribution in [0.5, 0.6) is 0 Å². The molecule has 1 aromatic heterocycles. The van der Waals surface area contributed by atoms with Gasteiger partial charge >= 0.3 is 0 Å². The first-order valence-electron chi connectivity index (χ1n) is 6.49. The fourth-order valence-electron chi connectivity index (χ4n) is 2.48. The maximum absolute atomic E-state index is 12.3. The molecule has 4 heteroatoms. The average molecular weight is 256 g/mol. The third-order valence-corrected chi connectivity index (χ3v) is 3.38. The third kappa shape index (κ3) is 2.31. The molecule has 0 saturated carbocycles. The van der Waals surface area contributed by atoms with E-state index in [2.05, 4.69) is 4.98 Å². The van der Waals surface area contributed by atoms with E-state index in [9.17, 15) is 4.79 Å². The van der Waals surface area contributed by atoms with E-state index in [1.807, 2.05) is 37.3 Å². The van der Waals surface area contributed by atoms with Crippen LogP contribution >= 0.6 is 0 Å². The van der Waals surface area contributed by atoms with Crippen molar-refractivity contribution in [2.45, 2.75) is 19.4 Å². The van der Waals surface area contributed by atoms with Gasteiger partial charge in [-0.2, -0.15) is 0 Å². The van der Waals surface area contributed by atoms with Crippen molar-refractivity contribution in [3.8, 4) is 11.4 Å². The monoisotopic (exact) mass is 256 g/mol. The number of rotatable bonds is 2. The minimum atomic E-state index is 0.00172. The Morgan fingerprint density at radius 2 is 2.11 bits per heavy atom. The van der Waals surface area contributed by atoms with Crippen LogP contribution in [0.1, 0.15) is 18.2 Å². The fourth-order valence-corrected chi connectivity index (χ4v) is 2.48. The lowest BCUT2D eigenvalue weighted by Crippen LogP contribution is -2.27. The molecular formula is C15H16N2O2. The van der Waals surface area contributed by atoms with Gasteiger partial charge in [0.1, 0.15) is 5.82 Å². The van der Waals surface area contributed by atoms with E-state index in [0.717, 1.165) is 23.5 Å². The predicted molar refractivity (Wildman–Crippen MR) is 73.1 cm³/mol. The zero-order valence-electron chi connectivity index (χ0n) is 10.9. The van der Waals surface area contributed by atoms with Gasteiger partial charge in [0.15, 0.2) is 0 Å². The zero-order valence-corrected chi connectivity index (χ0v) is 10.9. The number of aromatic nitrogens is 2. The van der Waals surface area contributed by atoms with Crippen LogP contribution in [0.25, 0.3) is 11.4 Å². The van der Waals surface area contributed by atoms with E-state index in [0.29, 0.717) is 13.2 Å². The zero-order chi connectivity index (χ0) is 13.2. The number of benzene rings is 1. The molecule has 19 heavy (non-hydrogen) atoms. The predicted octanol–water partition coefficient (Wildman–Crippen LogP) is 2.18. The van der Waals surface area contributed by atoms with E-state index in [-0.39, 0.29) is 11.6 Å². The summed E-state index contributed by atoms with van der Waals surface area (Å²) in [6.45, 7) is 3.15. The minimum Gasteiger partial charge on any atom is -0.379 e. The summed E-state index contributed by atoms with van der Waals surface area (Å²) in [6, 6.07) is 11.5. The van der Waals surface area contributed by atoms with Crippen LogP contribution in [0.3, 0.4) is 0 Å². The highest BCUT2D eigenvalue weighted by Gasteiger charge is 2.22. The third-order valence-electron chi connectivity index (χ3n) is 3.38. The van der Waals surface area contributed by atoms with Crippen LogP contribution in [-0.4, -0.2) is 22.8 Å². The lowest BCUT2D eigenvalue weighted by atomic mass is 10.1. The van der Waals surface area contributed by atoms with Gasteiger partial charge in [-0.15, -0.1) is 0 Å². The summed E-state index contributed by atoms with van der Waals surface area (Å²) in [4.78, 5) is 16.8. The molecule has 0 spiro atoms. The normalized spacial score (nSPS) is 18.7. The van der Waals surface area contributed by atoms with Crippen molar-refractivity contribution in [1.29, 1.82) is 0 Å². The molecule has 0 N–H and O–H groups in total. The highest BCUT2D eigenvalue weighted by atomic mass is 16.5. The molecule has 0 radical (unpaired) electrons. The Morgan fingerprint density at radius 3 is 2.79 bits per heavy atom. The van der Waals surface area contributed by atoms with E-state index in [1.165, 1.54) is 0 Å². The van der Waals surface area contributed by atoms with Crippen molar-refractivity contribution >= 4 is 0 Å². The summed E-state index contributed by atoms with van der Waals surface area (Å²) in [6.07, 6.45) is 0.866. The lowest BCUT2D eigenvalue weighted by Gasteiger charge is -2.17. The fraction of sp³-hybridized carbons (Fsp3) is 0.333. The molecule has 1 unspecified atom stereocenters. The highest BCUT2D eigenvalue weighted by Crippen LogP contribution is 2.24. The first kappa shape index (κ1) is 12.1. The molecule has 0 bridgehead atoms. The van der Waals surface area contributed by atoms with Crippen LogP contribution in [0, 0.1) is 6.92 Å². The van der Waals surface area contributed by atoms with Gasteiger partial charge in [-0.05, 0) is 13.3 Å². The molecule has 98 valence electrons. The first-order chi connectivity index (χ1) is 9.25. The summed E-state index contributed by atoms with van der Waals surface area (Å²) in [5.41, 5.74) is 1.72. The second kappa shape index (κ2) is 4.97. The summed E-state index contributed by atoms with van der Waals surface area (Å²) < 4.78 is 7.17. The Labute approximate surface area is 111 Å². The first-order valence-corrected chi connectivity index (χ1v) is 6.49. The largest absolute Gasteiger partial charge is 0.379 e. The number of hydrogen-bond donors (Lipinski definition) is 0. The molecule has 0 amide bonds. The van der Waals surface area contributed by atoms with Gasteiger partial charge in [-0.25, -0.2) is 4.98 Å². The molecule has 4 nitrogen and oxygen atoms in total. The van der Waals surface area contributed by atoms with E-state index in [4.69, 9.17) is 4.74 Å². The Hall–Kier alpha value is -1.94. The maximum atomic E-state index is 12.3. The number of ether oxygens (including phenoxy) is 1. The number of nitrogens with zero attached hydrogens (tertiary/aromatic N) is 2. The van der Waals surface area contributed by atoms with E-state index in [1.54, 1.807) is 10.6 Å². The molecular weight excluding hydrogens is 240 g/mol. The average Bonchev–Trinajstić information content (AvgIpc) is 2.92. The molecule has 1 aromatic carbocycles. The SMILES string of the molecule is Cc1cc(=O)n(C2CCOC2)c(-c2ccccc2)n1. The van der Waals surface area contributed by atoms with Gasteiger partial charge in [0.2, 0.25) is 0 Å². The van der Waals surface area contributed by atoms with Crippen molar-refractivity contribution in [2.75, 3.05) is 13.2 Å². The number of hydrogen-bond acceptors (Lipinski definition) is 3. The molecule has 1 fully saturated rings. The summed E-state index contributed by atoms with van der Waals surface area (Å²) in [7, 11) is 0. The van der Waals surface area contributed by atoms with Gasteiger partial charge in [-0.3, -0.25) is 9.36 Å². The standard InChI is InChI=1S/C15H16N2O2/c1-11-9-14(18)17(13-7-8-19-10-13)15(16-11)12-5-3-2-4-6-12/h2-6,9,13H,7-8,10H2,1H3. The Kier molecular flexibility index (Phi) is 3.17. The smallest absolute Gasteiger partial charge is 0.254 e. The molecule has 3 rings (SSSR count). The van der Waals surface area contributed by atoms with Gasteiger partial charge in [-0.1, -0.05) is 30.3 Å². The van der Waals surface area contributed by atoms with Crippen molar-refractivity contribution < 1.29 is 4.74 Å². The lowest BCUT2D eigenvalue weighted by molar-refractivity contribution is 0.186. The second-order valence-corrected chi connectivity index (χ2v) is 4.81. The van der Waals surface area contributed by atoms with Crippen molar-refractivity contribution in [2.24, 2.45) is 0 Å². The molecule has 1 aliphatic heterocycles. The highest BCUT2D eigenvalue weighted by molar-refractivity contribution is 5.55. The van der Waals surface area contributed by atoms with Crippen molar-refractivity contribution in [3.05, 3.63) is 52.4 Å². The Morgan fingerprint density at radius 1 is 1.32 bits per heavy atom. The van der Waals surface area contributed by atoms with Gasteiger partial charge < -0.3 is 4.74 Å². The molecule has 1 aliphatic rings. The van der Waals surface area contributed by atoms with Crippen molar-refractivity contribution in [3.63, 3.8) is 0 Å². The van der Waals surface area contributed by atoms with Gasteiger partial charge in [0, 0.05) is 23.9 Å². The molecule has 0 aliphatic carbocycles. The summed E-state index contributed by atoms with van der Waals surface area (Å²) in [5.74, 6) is 0.737. The molecule has 1 atom stereocenters. The topological polar surface area (TPSA) is 44.1 Å². The van der Waals surface area contributed by atoms with Crippen molar-refractivity contribution in [1.82, 2.24) is 9.55 Å². The summed E-state index contributed by atoms with van der Waals surface area (Å²) in [5, 5.41) is 0. The Bertz CT molecular complexity index is 628. The van der Waals surface area contributed by atoms with Crippen LogP contribution in [-0.2, 0) is 4.74 Å². The van der Waals surface area contributed by atoms with Crippen LogP contribution in [0.15, 0.2) is 41.2 Å². The quantitative estimate of drug-likeness (QED) is 0.827. The van der Waals surface area contributed by atoms with E-state index >= 15 is 0 Å². The maximum Gasteiger partial charge on any atom is 0.254 e. The van der Waals surface area contributed by atoms with Crippen LogP contribution < -0.4 is 5.56 Å². The second-order valence-electron chi connectivity index (χ2n) is 4.81. The minimum absolute atomic E-state index is 0.00172. The molecule has 2 heterocycles. The number of aryl methyl sites for hydroxylation is 1. The Balaban J connectivity index is 2.19. The molecule has 1 saturated heterocycles.